The number of anilines is 2. The third-order valence-corrected chi connectivity index (χ3v) is 4.05. The molecule has 4 nitrogen and oxygen atoms in total. The first-order valence-corrected chi connectivity index (χ1v) is 8.73. The van der Waals surface area contributed by atoms with E-state index in [2.05, 4.69) is 10.6 Å². The van der Waals surface area contributed by atoms with Gasteiger partial charge in [-0.2, -0.15) is 0 Å². The van der Waals surface area contributed by atoms with Crippen molar-refractivity contribution in [2.45, 2.75) is 6.61 Å². The number of carbonyl (C=O) groups excluding carboxylic acids is 1. The van der Waals surface area contributed by atoms with Crippen molar-refractivity contribution in [3.8, 4) is 5.75 Å². The standard InChI is InChI=1S/C21H18ClFN2O2/c22-19-12-17(8-11-20(19)23)25-21(26)13-24-16-6-9-18(10-7-16)27-14-15-4-2-1-3-5-15/h1-12,24H,13-14H2,(H,25,26). The summed E-state index contributed by atoms with van der Waals surface area (Å²) in [5, 5.41) is 5.63. The molecular formula is C21H18ClFN2O2. The first-order chi connectivity index (χ1) is 13.1. The Morgan fingerprint density at radius 1 is 0.963 bits per heavy atom. The zero-order valence-corrected chi connectivity index (χ0v) is 15.2. The smallest absolute Gasteiger partial charge is 0.243 e. The number of carbonyl (C=O) groups is 1. The zero-order chi connectivity index (χ0) is 19.1. The molecule has 0 fully saturated rings. The summed E-state index contributed by atoms with van der Waals surface area (Å²) in [4.78, 5) is 12.0. The number of amides is 1. The number of hydrogen-bond donors (Lipinski definition) is 2. The summed E-state index contributed by atoms with van der Waals surface area (Å²) >= 11 is 5.70. The molecule has 1 amide bonds. The molecule has 3 aromatic carbocycles. The van der Waals surface area contributed by atoms with E-state index >= 15 is 0 Å². The third-order valence-electron chi connectivity index (χ3n) is 3.76. The fourth-order valence-electron chi connectivity index (χ4n) is 2.37. The summed E-state index contributed by atoms with van der Waals surface area (Å²) in [5.74, 6) is -0.0424. The Morgan fingerprint density at radius 2 is 1.67 bits per heavy atom. The van der Waals surface area contributed by atoms with Gasteiger partial charge in [-0.15, -0.1) is 0 Å². The van der Waals surface area contributed by atoms with Crippen LogP contribution in [0.25, 0.3) is 0 Å². The number of benzene rings is 3. The van der Waals surface area contributed by atoms with Crippen LogP contribution in [0, 0.1) is 5.82 Å². The number of rotatable bonds is 7. The van der Waals surface area contributed by atoms with Gasteiger partial charge in [-0.25, -0.2) is 4.39 Å². The Kier molecular flexibility index (Phi) is 6.28. The lowest BCUT2D eigenvalue weighted by molar-refractivity contribution is -0.114. The van der Waals surface area contributed by atoms with Crippen LogP contribution in [0.1, 0.15) is 5.56 Å². The molecule has 0 saturated heterocycles. The minimum atomic E-state index is -0.526. The number of hydrogen-bond acceptors (Lipinski definition) is 3. The predicted molar refractivity (Wildman–Crippen MR) is 106 cm³/mol. The van der Waals surface area contributed by atoms with E-state index in [1.54, 1.807) is 0 Å². The van der Waals surface area contributed by atoms with E-state index in [1.165, 1.54) is 18.2 Å². The average Bonchev–Trinajstić information content (AvgIpc) is 2.69. The maximum atomic E-state index is 13.1. The van der Waals surface area contributed by atoms with Crippen LogP contribution in [0.3, 0.4) is 0 Å². The maximum Gasteiger partial charge on any atom is 0.243 e. The van der Waals surface area contributed by atoms with Gasteiger partial charge in [0.05, 0.1) is 11.6 Å². The molecule has 0 aromatic heterocycles. The third kappa shape index (κ3) is 5.72. The van der Waals surface area contributed by atoms with Gasteiger partial charge < -0.3 is 15.4 Å². The van der Waals surface area contributed by atoms with Gasteiger partial charge in [-0.1, -0.05) is 41.9 Å². The normalized spacial score (nSPS) is 10.3. The SMILES string of the molecule is O=C(CNc1ccc(OCc2ccccc2)cc1)Nc1ccc(F)c(Cl)c1. The molecule has 6 heteroatoms. The highest BCUT2D eigenvalue weighted by Crippen LogP contribution is 2.20. The molecular weight excluding hydrogens is 367 g/mol. The van der Waals surface area contributed by atoms with Crippen LogP contribution in [-0.2, 0) is 11.4 Å². The molecule has 27 heavy (non-hydrogen) atoms. The van der Waals surface area contributed by atoms with Gasteiger partial charge in [0.1, 0.15) is 18.2 Å². The molecule has 0 unspecified atom stereocenters. The van der Waals surface area contributed by atoms with Crippen molar-refractivity contribution < 1.29 is 13.9 Å². The summed E-state index contributed by atoms with van der Waals surface area (Å²) in [5.41, 5.74) is 2.32. The Labute approximate surface area is 161 Å². The number of nitrogens with one attached hydrogen (secondary N) is 2. The van der Waals surface area contributed by atoms with E-state index < -0.39 is 5.82 Å². The van der Waals surface area contributed by atoms with E-state index in [0.29, 0.717) is 12.3 Å². The molecule has 3 aromatic rings. The van der Waals surface area contributed by atoms with Crippen molar-refractivity contribution in [3.63, 3.8) is 0 Å². The maximum absolute atomic E-state index is 13.1. The van der Waals surface area contributed by atoms with Crippen molar-refractivity contribution >= 4 is 28.9 Å². The molecule has 0 saturated carbocycles. The van der Waals surface area contributed by atoms with Crippen molar-refractivity contribution in [2.75, 3.05) is 17.2 Å². The number of halogens is 2. The molecule has 0 radical (unpaired) electrons. The predicted octanol–water partition coefficient (Wildman–Crippen LogP) is 5.11. The quantitative estimate of drug-likeness (QED) is 0.595. The van der Waals surface area contributed by atoms with Crippen LogP contribution >= 0.6 is 11.6 Å². The first-order valence-electron chi connectivity index (χ1n) is 8.36. The van der Waals surface area contributed by atoms with E-state index in [-0.39, 0.29) is 17.5 Å². The molecule has 0 aliphatic carbocycles. The number of ether oxygens (including phenoxy) is 1. The Bertz CT molecular complexity index is 902. The Hall–Kier alpha value is -3.05. The molecule has 0 aliphatic rings. The molecule has 3 rings (SSSR count). The molecule has 138 valence electrons. The fraction of sp³-hybridized carbons (Fsp3) is 0.0952. The summed E-state index contributed by atoms with van der Waals surface area (Å²) in [6, 6.07) is 21.3. The molecule has 0 bridgehead atoms. The minimum absolute atomic E-state index is 0.0353. The van der Waals surface area contributed by atoms with Gasteiger partial charge in [0.15, 0.2) is 0 Å². The highest BCUT2D eigenvalue weighted by molar-refractivity contribution is 6.31. The second kappa shape index (κ2) is 9.05. The summed E-state index contributed by atoms with van der Waals surface area (Å²) < 4.78 is 18.8. The van der Waals surface area contributed by atoms with E-state index in [4.69, 9.17) is 16.3 Å². The van der Waals surface area contributed by atoms with Crippen molar-refractivity contribution in [1.82, 2.24) is 0 Å². The van der Waals surface area contributed by atoms with Gasteiger partial charge in [0, 0.05) is 11.4 Å². The topological polar surface area (TPSA) is 50.4 Å². The van der Waals surface area contributed by atoms with Gasteiger partial charge in [-0.3, -0.25) is 4.79 Å². The lowest BCUT2D eigenvalue weighted by atomic mass is 10.2. The molecule has 0 heterocycles. The summed E-state index contributed by atoms with van der Waals surface area (Å²) in [6.45, 7) is 0.565. The van der Waals surface area contributed by atoms with Crippen LogP contribution < -0.4 is 15.4 Å². The van der Waals surface area contributed by atoms with Gasteiger partial charge in [-0.05, 0) is 48.0 Å². The Balaban J connectivity index is 1.46. The van der Waals surface area contributed by atoms with Gasteiger partial charge in [0.2, 0.25) is 5.91 Å². The average molecular weight is 385 g/mol. The van der Waals surface area contributed by atoms with Crippen molar-refractivity contribution in [1.29, 1.82) is 0 Å². The van der Waals surface area contributed by atoms with Crippen LogP contribution in [-0.4, -0.2) is 12.5 Å². The summed E-state index contributed by atoms with van der Waals surface area (Å²) in [7, 11) is 0. The molecule has 2 N–H and O–H groups in total. The lowest BCUT2D eigenvalue weighted by Gasteiger charge is -2.10. The Morgan fingerprint density at radius 3 is 2.37 bits per heavy atom. The first kappa shape index (κ1) is 18.7. The zero-order valence-electron chi connectivity index (χ0n) is 14.4. The van der Waals surface area contributed by atoms with Gasteiger partial charge >= 0.3 is 0 Å². The monoisotopic (exact) mass is 384 g/mol. The van der Waals surface area contributed by atoms with Gasteiger partial charge in [0.25, 0.3) is 0 Å². The van der Waals surface area contributed by atoms with Crippen LogP contribution in [0.2, 0.25) is 5.02 Å². The van der Waals surface area contributed by atoms with Crippen LogP contribution in [0.5, 0.6) is 5.75 Å². The van der Waals surface area contributed by atoms with E-state index in [0.717, 1.165) is 17.0 Å². The molecule has 0 spiro atoms. The largest absolute Gasteiger partial charge is 0.489 e. The molecule has 0 aliphatic heterocycles. The van der Waals surface area contributed by atoms with Crippen LogP contribution in [0.15, 0.2) is 72.8 Å². The minimum Gasteiger partial charge on any atom is -0.489 e. The highest BCUT2D eigenvalue weighted by atomic mass is 35.5. The van der Waals surface area contributed by atoms with E-state index in [9.17, 15) is 9.18 Å². The van der Waals surface area contributed by atoms with Crippen molar-refractivity contribution in [3.05, 3.63) is 89.2 Å². The second-order valence-electron chi connectivity index (χ2n) is 5.83. The second-order valence-corrected chi connectivity index (χ2v) is 6.24. The van der Waals surface area contributed by atoms with Crippen molar-refractivity contribution in [2.24, 2.45) is 0 Å². The summed E-state index contributed by atoms with van der Waals surface area (Å²) in [6.07, 6.45) is 0. The van der Waals surface area contributed by atoms with E-state index in [1.807, 2.05) is 54.6 Å². The fourth-order valence-corrected chi connectivity index (χ4v) is 2.55. The lowest BCUT2D eigenvalue weighted by Crippen LogP contribution is -2.21. The van der Waals surface area contributed by atoms with Crippen LogP contribution in [0.4, 0.5) is 15.8 Å². The molecule has 0 atom stereocenters. The highest BCUT2D eigenvalue weighted by Gasteiger charge is 2.05.